The van der Waals surface area contributed by atoms with Crippen LogP contribution in [0.3, 0.4) is 0 Å². The van der Waals surface area contributed by atoms with Crippen molar-refractivity contribution in [2.24, 2.45) is 16.8 Å². The van der Waals surface area contributed by atoms with Gasteiger partial charge < -0.3 is 11.1 Å². The first-order valence-corrected chi connectivity index (χ1v) is 13.2. The van der Waals surface area contributed by atoms with E-state index in [-0.39, 0.29) is 10.9 Å². The Bertz CT molecular complexity index is 1090. The van der Waals surface area contributed by atoms with Crippen LogP contribution < -0.4 is 38.1 Å². The number of nitrogens with two attached hydrogens (primary N) is 2. The topological polar surface area (TPSA) is 146 Å². The van der Waals surface area contributed by atoms with E-state index in [0.717, 1.165) is 55.5 Å². The fourth-order valence-corrected chi connectivity index (χ4v) is 6.29. The Labute approximate surface area is 195 Å². The summed E-state index contributed by atoms with van der Waals surface area (Å²) in [6.07, 6.45) is 4.16. The second kappa shape index (κ2) is 9.40. The highest BCUT2D eigenvalue weighted by Gasteiger charge is 2.31. The Morgan fingerprint density at radius 1 is 0.909 bits per heavy atom. The number of benzene rings is 2. The predicted molar refractivity (Wildman–Crippen MR) is 128 cm³/mol. The van der Waals surface area contributed by atoms with Crippen LogP contribution in [0.2, 0.25) is 0 Å². The van der Waals surface area contributed by atoms with Crippen LogP contribution in [0, 0.1) is 5.92 Å². The number of nitrogens with one attached hydrogen (secondary N) is 5. The van der Waals surface area contributed by atoms with E-state index in [1.807, 2.05) is 12.1 Å². The number of hydrazine groups is 3. The first-order valence-electron chi connectivity index (χ1n) is 11.7. The number of hydrogen-bond donors (Lipinski definition) is 7. The van der Waals surface area contributed by atoms with Crippen molar-refractivity contribution in [1.82, 2.24) is 27.2 Å². The summed E-state index contributed by atoms with van der Waals surface area (Å²) < 4.78 is 25.9. The van der Waals surface area contributed by atoms with Crippen LogP contribution in [0.25, 0.3) is 11.1 Å². The maximum atomic E-state index is 13.0. The van der Waals surface area contributed by atoms with Gasteiger partial charge in [-0.05, 0) is 60.3 Å². The molecule has 0 amide bonds. The molecular formula is C23H33N7O2S. The SMILES string of the molecule is NC1CCC(Cc2ccc(-c3ccc(C4CNC4)cc3)c(C3NNNN3)c2S(N)(=O)=O)CC1. The summed E-state index contributed by atoms with van der Waals surface area (Å²) in [6.45, 7) is 1.99. The minimum atomic E-state index is -3.98. The molecule has 9 nitrogen and oxygen atoms in total. The van der Waals surface area contributed by atoms with Gasteiger partial charge in [-0.15, -0.1) is 0 Å². The lowest BCUT2D eigenvalue weighted by molar-refractivity contribution is 0.323. The van der Waals surface area contributed by atoms with E-state index >= 15 is 0 Å². The van der Waals surface area contributed by atoms with Gasteiger partial charge in [0.05, 0.1) is 4.90 Å². The highest BCUT2D eigenvalue weighted by molar-refractivity contribution is 7.89. The minimum absolute atomic E-state index is 0.206. The summed E-state index contributed by atoms with van der Waals surface area (Å²) in [5.74, 6) is 0.941. The fourth-order valence-electron chi connectivity index (χ4n) is 5.24. The van der Waals surface area contributed by atoms with E-state index in [4.69, 9.17) is 10.9 Å². The maximum absolute atomic E-state index is 13.0. The third kappa shape index (κ3) is 4.84. The first-order chi connectivity index (χ1) is 15.9. The predicted octanol–water partition coefficient (Wildman–Crippen LogP) is 0.863. The molecule has 10 heteroatoms. The largest absolute Gasteiger partial charge is 0.328 e. The van der Waals surface area contributed by atoms with Crippen LogP contribution in [0.4, 0.5) is 0 Å². The summed E-state index contributed by atoms with van der Waals surface area (Å²) in [5.41, 5.74) is 22.3. The molecule has 0 unspecified atom stereocenters. The molecular weight excluding hydrogens is 438 g/mol. The molecule has 3 fully saturated rings. The number of rotatable bonds is 6. The summed E-state index contributed by atoms with van der Waals surface area (Å²) in [7, 11) is -3.98. The lowest BCUT2D eigenvalue weighted by Gasteiger charge is -2.28. The molecule has 2 aromatic carbocycles. The monoisotopic (exact) mass is 471 g/mol. The Morgan fingerprint density at radius 3 is 2.15 bits per heavy atom. The van der Waals surface area contributed by atoms with Crippen molar-refractivity contribution in [3.8, 4) is 11.1 Å². The van der Waals surface area contributed by atoms with Gasteiger partial charge in [0.1, 0.15) is 6.17 Å². The molecule has 9 N–H and O–H groups in total. The number of primary sulfonamides is 1. The number of sulfonamides is 1. The van der Waals surface area contributed by atoms with Crippen LogP contribution >= 0.6 is 0 Å². The molecule has 2 aromatic rings. The van der Waals surface area contributed by atoms with Gasteiger partial charge in [0.15, 0.2) is 0 Å². The van der Waals surface area contributed by atoms with Gasteiger partial charge in [-0.25, -0.2) is 24.4 Å². The molecule has 1 saturated carbocycles. The van der Waals surface area contributed by atoms with Gasteiger partial charge in [0, 0.05) is 30.6 Å². The fraction of sp³-hybridized carbons (Fsp3) is 0.478. The van der Waals surface area contributed by atoms with Gasteiger partial charge in [-0.1, -0.05) is 36.4 Å². The second-order valence-corrected chi connectivity index (χ2v) is 11.0. The van der Waals surface area contributed by atoms with Crippen molar-refractivity contribution >= 4 is 10.0 Å². The van der Waals surface area contributed by atoms with Gasteiger partial charge >= 0.3 is 0 Å². The summed E-state index contributed by atoms with van der Waals surface area (Å²) >= 11 is 0. The van der Waals surface area contributed by atoms with E-state index in [1.165, 1.54) is 5.56 Å². The molecule has 2 saturated heterocycles. The zero-order chi connectivity index (χ0) is 23.0. The summed E-state index contributed by atoms with van der Waals surface area (Å²) in [5, 5.41) is 9.14. The minimum Gasteiger partial charge on any atom is -0.328 e. The maximum Gasteiger partial charge on any atom is 0.238 e. The first kappa shape index (κ1) is 22.9. The van der Waals surface area contributed by atoms with Crippen molar-refractivity contribution in [2.45, 2.75) is 55.1 Å². The molecule has 33 heavy (non-hydrogen) atoms. The molecule has 178 valence electrons. The van der Waals surface area contributed by atoms with Gasteiger partial charge in [-0.3, -0.25) is 0 Å². The van der Waals surface area contributed by atoms with Crippen LogP contribution in [-0.4, -0.2) is 27.5 Å². The Balaban J connectivity index is 1.57. The van der Waals surface area contributed by atoms with Crippen molar-refractivity contribution < 1.29 is 8.42 Å². The summed E-state index contributed by atoms with van der Waals surface area (Å²) in [6, 6.07) is 12.6. The van der Waals surface area contributed by atoms with E-state index in [1.54, 1.807) is 0 Å². The molecule has 3 aliphatic rings. The molecule has 2 heterocycles. The molecule has 5 rings (SSSR count). The molecule has 2 aliphatic heterocycles. The molecule has 0 bridgehead atoms. The average Bonchev–Trinajstić information content (AvgIpc) is 3.28. The van der Waals surface area contributed by atoms with Crippen LogP contribution in [0.15, 0.2) is 41.3 Å². The van der Waals surface area contributed by atoms with Gasteiger partial charge in [0.2, 0.25) is 10.0 Å². The summed E-state index contributed by atoms with van der Waals surface area (Å²) in [4.78, 5) is 0.206. The standard InChI is InChI=1S/C23H33N7O2S/c24-19-8-1-14(2-9-19)11-17-7-10-20(16-5-3-15(4-6-16)18-12-26-13-18)21(22(17)33(25,31)32)23-27-29-30-28-23/h3-7,10,14,18-19,23,26-30H,1-2,8-9,11-13,24H2,(H2,25,31,32). The lowest BCUT2D eigenvalue weighted by Crippen LogP contribution is -2.39. The third-order valence-electron chi connectivity index (χ3n) is 7.22. The van der Waals surface area contributed by atoms with Crippen LogP contribution in [0.1, 0.15) is 54.5 Å². The van der Waals surface area contributed by atoms with Crippen molar-refractivity contribution in [1.29, 1.82) is 0 Å². The smallest absolute Gasteiger partial charge is 0.238 e. The quantitative estimate of drug-likeness (QED) is 0.328. The van der Waals surface area contributed by atoms with Crippen LogP contribution in [0.5, 0.6) is 0 Å². The van der Waals surface area contributed by atoms with Crippen molar-refractivity contribution in [3.05, 3.63) is 53.1 Å². The van der Waals surface area contributed by atoms with Gasteiger partial charge in [-0.2, -0.15) is 11.1 Å². The zero-order valence-electron chi connectivity index (χ0n) is 18.6. The average molecular weight is 472 g/mol. The molecule has 0 aromatic heterocycles. The van der Waals surface area contributed by atoms with E-state index in [2.05, 4.69) is 51.5 Å². The van der Waals surface area contributed by atoms with E-state index in [9.17, 15) is 8.42 Å². The Morgan fingerprint density at radius 2 is 1.58 bits per heavy atom. The normalized spacial score (nSPS) is 24.7. The van der Waals surface area contributed by atoms with Crippen molar-refractivity contribution in [3.63, 3.8) is 0 Å². The number of hydrogen-bond acceptors (Lipinski definition) is 8. The molecule has 0 atom stereocenters. The van der Waals surface area contributed by atoms with E-state index < -0.39 is 16.2 Å². The highest BCUT2D eigenvalue weighted by Crippen LogP contribution is 2.37. The molecule has 1 aliphatic carbocycles. The second-order valence-electron chi connectivity index (χ2n) is 9.49. The Kier molecular flexibility index (Phi) is 6.51. The Hall–Kier alpha value is -1.89. The molecule has 0 spiro atoms. The van der Waals surface area contributed by atoms with Gasteiger partial charge in [0.25, 0.3) is 0 Å². The highest BCUT2D eigenvalue weighted by atomic mass is 32.2. The third-order valence-corrected chi connectivity index (χ3v) is 8.27. The van der Waals surface area contributed by atoms with E-state index in [0.29, 0.717) is 23.8 Å². The molecule has 0 radical (unpaired) electrons. The lowest BCUT2D eigenvalue weighted by atomic mass is 9.82. The van der Waals surface area contributed by atoms with Crippen LogP contribution in [-0.2, 0) is 16.4 Å². The zero-order valence-corrected chi connectivity index (χ0v) is 19.4. The van der Waals surface area contributed by atoms with Crippen molar-refractivity contribution in [2.75, 3.05) is 13.1 Å².